The van der Waals surface area contributed by atoms with Gasteiger partial charge in [0.25, 0.3) is 15.9 Å². The molecule has 7 nitrogen and oxygen atoms in total. The SMILES string of the molecule is COc1cc(OC)c(NS(=O)(=O)c2ccc(Cl)c(C(=O)N3C[C@H](C)C[C@@H](C)C3)c2)cc1Cl. The van der Waals surface area contributed by atoms with Crippen molar-refractivity contribution in [1.29, 1.82) is 0 Å². The van der Waals surface area contributed by atoms with E-state index < -0.39 is 10.0 Å². The fourth-order valence-electron chi connectivity index (χ4n) is 3.98. The first-order valence-electron chi connectivity index (χ1n) is 10.1. The summed E-state index contributed by atoms with van der Waals surface area (Å²) < 4.78 is 39.0. The third-order valence-corrected chi connectivity index (χ3v) is 7.34. The van der Waals surface area contributed by atoms with Gasteiger partial charge in [-0.3, -0.25) is 9.52 Å². The number of amides is 1. The molecule has 2 aromatic rings. The highest BCUT2D eigenvalue weighted by molar-refractivity contribution is 7.92. The van der Waals surface area contributed by atoms with E-state index in [2.05, 4.69) is 18.6 Å². The van der Waals surface area contributed by atoms with Crippen LogP contribution >= 0.6 is 23.2 Å². The van der Waals surface area contributed by atoms with Crippen molar-refractivity contribution in [2.75, 3.05) is 32.0 Å². The number of carbonyl (C=O) groups excluding carboxylic acids is 1. The van der Waals surface area contributed by atoms with Crippen molar-refractivity contribution in [2.45, 2.75) is 25.2 Å². The molecule has 1 aliphatic rings. The number of rotatable bonds is 6. The zero-order valence-corrected chi connectivity index (χ0v) is 20.6. The van der Waals surface area contributed by atoms with E-state index in [-0.39, 0.29) is 37.8 Å². The molecule has 3 rings (SSSR count). The number of sulfonamides is 1. The summed E-state index contributed by atoms with van der Waals surface area (Å²) >= 11 is 12.4. The number of halogens is 2. The minimum atomic E-state index is -4.07. The molecule has 1 saturated heterocycles. The Labute approximate surface area is 198 Å². The maximum atomic E-state index is 13.1. The van der Waals surface area contributed by atoms with E-state index >= 15 is 0 Å². The molecule has 1 N–H and O–H groups in total. The molecule has 0 aromatic heterocycles. The van der Waals surface area contributed by atoms with Gasteiger partial charge in [0, 0.05) is 19.2 Å². The Hall–Kier alpha value is -2.16. The summed E-state index contributed by atoms with van der Waals surface area (Å²) in [5, 5.41) is 0.413. The smallest absolute Gasteiger partial charge is 0.262 e. The molecular weight excluding hydrogens is 475 g/mol. The number of anilines is 1. The van der Waals surface area contributed by atoms with Gasteiger partial charge in [-0.25, -0.2) is 8.42 Å². The van der Waals surface area contributed by atoms with Crippen LogP contribution in [-0.4, -0.2) is 46.5 Å². The molecule has 1 heterocycles. The lowest BCUT2D eigenvalue weighted by atomic mass is 9.91. The van der Waals surface area contributed by atoms with Crippen LogP contribution in [0.5, 0.6) is 11.5 Å². The highest BCUT2D eigenvalue weighted by atomic mass is 35.5. The van der Waals surface area contributed by atoms with Crippen molar-refractivity contribution in [3.05, 3.63) is 45.9 Å². The lowest BCUT2D eigenvalue weighted by Gasteiger charge is -2.35. The van der Waals surface area contributed by atoms with Crippen LogP contribution in [-0.2, 0) is 10.0 Å². The molecule has 32 heavy (non-hydrogen) atoms. The number of carbonyl (C=O) groups is 1. The molecule has 10 heteroatoms. The molecular formula is C22H26Cl2N2O5S. The molecule has 1 amide bonds. The molecule has 1 aliphatic heterocycles. The molecule has 0 radical (unpaired) electrons. The van der Waals surface area contributed by atoms with Gasteiger partial charge in [0.1, 0.15) is 11.5 Å². The van der Waals surface area contributed by atoms with Gasteiger partial charge < -0.3 is 14.4 Å². The second-order valence-corrected chi connectivity index (χ2v) is 10.6. The van der Waals surface area contributed by atoms with Crippen molar-refractivity contribution < 1.29 is 22.7 Å². The normalized spacial score (nSPS) is 18.9. The maximum absolute atomic E-state index is 13.1. The van der Waals surface area contributed by atoms with Crippen LogP contribution in [0.15, 0.2) is 35.2 Å². The number of ether oxygens (including phenoxy) is 2. The Balaban J connectivity index is 1.93. The van der Waals surface area contributed by atoms with Gasteiger partial charge in [-0.05, 0) is 42.5 Å². The molecule has 174 valence electrons. The number of benzene rings is 2. The van der Waals surface area contributed by atoms with E-state index in [0.29, 0.717) is 30.7 Å². The molecule has 0 unspecified atom stereocenters. The summed E-state index contributed by atoms with van der Waals surface area (Å²) in [6, 6.07) is 6.94. The number of hydrogen-bond donors (Lipinski definition) is 1. The van der Waals surface area contributed by atoms with E-state index in [4.69, 9.17) is 32.7 Å². The standard InChI is InChI=1S/C22H26Cl2N2O5S/c1-13-7-14(2)12-26(11-13)22(27)16-8-15(5-6-17(16)23)32(28,29)25-19-9-18(24)20(30-3)10-21(19)31-4/h5-6,8-10,13-14,25H,7,11-12H2,1-4H3/t13-,14-/m1/s1. The average molecular weight is 501 g/mol. The highest BCUT2D eigenvalue weighted by Crippen LogP contribution is 2.37. The predicted molar refractivity (Wildman–Crippen MR) is 126 cm³/mol. The predicted octanol–water partition coefficient (Wildman–Crippen LogP) is 4.93. The number of likely N-dealkylation sites (tertiary alicyclic amines) is 1. The van der Waals surface area contributed by atoms with Crippen molar-refractivity contribution in [3.8, 4) is 11.5 Å². The topological polar surface area (TPSA) is 84.9 Å². The molecule has 0 spiro atoms. The summed E-state index contributed by atoms with van der Waals surface area (Å²) in [4.78, 5) is 14.8. The summed E-state index contributed by atoms with van der Waals surface area (Å²) in [6.45, 7) is 5.40. The Morgan fingerprint density at radius 2 is 1.62 bits per heavy atom. The van der Waals surface area contributed by atoms with E-state index in [9.17, 15) is 13.2 Å². The van der Waals surface area contributed by atoms with Crippen molar-refractivity contribution in [2.24, 2.45) is 11.8 Å². The minimum Gasteiger partial charge on any atom is -0.495 e. The summed E-state index contributed by atoms with van der Waals surface area (Å²) in [5.74, 6) is 1.02. The van der Waals surface area contributed by atoms with E-state index in [1.54, 1.807) is 4.90 Å². The second-order valence-electron chi connectivity index (χ2n) is 8.09. The molecule has 1 fully saturated rings. The Bertz CT molecular complexity index is 1110. The van der Waals surface area contributed by atoms with Crippen LogP contribution < -0.4 is 14.2 Å². The fraction of sp³-hybridized carbons (Fsp3) is 0.409. The minimum absolute atomic E-state index is 0.0997. The number of nitrogens with one attached hydrogen (secondary N) is 1. The van der Waals surface area contributed by atoms with Crippen molar-refractivity contribution in [1.82, 2.24) is 4.90 Å². The average Bonchev–Trinajstić information content (AvgIpc) is 2.72. The maximum Gasteiger partial charge on any atom is 0.262 e. The third kappa shape index (κ3) is 5.24. The highest BCUT2D eigenvalue weighted by Gasteiger charge is 2.28. The molecule has 2 atom stereocenters. The monoisotopic (exact) mass is 500 g/mol. The van der Waals surface area contributed by atoms with Crippen LogP contribution in [0, 0.1) is 11.8 Å². The van der Waals surface area contributed by atoms with Crippen LogP contribution in [0.2, 0.25) is 10.0 Å². The third-order valence-electron chi connectivity index (χ3n) is 5.35. The van der Waals surface area contributed by atoms with E-state index in [1.165, 1.54) is 44.6 Å². The number of piperidine rings is 1. The van der Waals surface area contributed by atoms with Gasteiger partial charge in [0.05, 0.1) is 40.4 Å². The first-order valence-corrected chi connectivity index (χ1v) is 12.3. The Morgan fingerprint density at radius 1 is 1.00 bits per heavy atom. The van der Waals surface area contributed by atoms with Gasteiger partial charge in [0.15, 0.2) is 0 Å². The quantitative estimate of drug-likeness (QED) is 0.607. The molecule has 0 saturated carbocycles. The fourth-order valence-corrected chi connectivity index (χ4v) is 5.50. The molecule has 0 bridgehead atoms. The number of methoxy groups -OCH3 is 2. The summed E-state index contributed by atoms with van der Waals surface area (Å²) in [7, 11) is -1.22. The van der Waals surface area contributed by atoms with Crippen LogP contribution in [0.4, 0.5) is 5.69 Å². The van der Waals surface area contributed by atoms with Crippen LogP contribution in [0.3, 0.4) is 0 Å². The van der Waals surface area contributed by atoms with Gasteiger partial charge in [-0.2, -0.15) is 0 Å². The molecule has 0 aliphatic carbocycles. The zero-order chi connectivity index (χ0) is 23.6. The largest absolute Gasteiger partial charge is 0.495 e. The lowest BCUT2D eigenvalue weighted by Crippen LogP contribution is -2.42. The first kappa shape index (κ1) is 24.5. The van der Waals surface area contributed by atoms with Crippen LogP contribution in [0.25, 0.3) is 0 Å². The van der Waals surface area contributed by atoms with Crippen LogP contribution in [0.1, 0.15) is 30.6 Å². The Kier molecular flexibility index (Phi) is 7.47. The number of nitrogens with zero attached hydrogens (tertiary/aromatic N) is 1. The second kappa shape index (κ2) is 9.77. The van der Waals surface area contributed by atoms with Gasteiger partial charge in [0.2, 0.25) is 0 Å². The molecule has 2 aromatic carbocycles. The van der Waals surface area contributed by atoms with Crippen molar-refractivity contribution >= 4 is 44.8 Å². The van der Waals surface area contributed by atoms with Gasteiger partial charge >= 0.3 is 0 Å². The Morgan fingerprint density at radius 3 is 2.22 bits per heavy atom. The van der Waals surface area contributed by atoms with E-state index in [1.807, 2.05) is 0 Å². The van der Waals surface area contributed by atoms with E-state index in [0.717, 1.165) is 6.42 Å². The van der Waals surface area contributed by atoms with Crippen molar-refractivity contribution in [3.63, 3.8) is 0 Å². The lowest BCUT2D eigenvalue weighted by molar-refractivity contribution is 0.0623. The van der Waals surface area contributed by atoms with Gasteiger partial charge in [-0.15, -0.1) is 0 Å². The zero-order valence-electron chi connectivity index (χ0n) is 18.3. The summed E-state index contributed by atoms with van der Waals surface area (Å²) in [5.41, 5.74) is 0.287. The van der Waals surface area contributed by atoms with Gasteiger partial charge in [-0.1, -0.05) is 37.0 Å². The number of hydrogen-bond acceptors (Lipinski definition) is 5. The summed E-state index contributed by atoms with van der Waals surface area (Å²) in [6.07, 6.45) is 1.04. The first-order chi connectivity index (χ1) is 15.1.